The quantitative estimate of drug-likeness (QED) is 0.628. The molecule has 0 saturated carbocycles. The second-order valence-corrected chi connectivity index (χ2v) is 5.70. The van der Waals surface area contributed by atoms with Crippen LogP contribution >= 0.6 is 0 Å². The van der Waals surface area contributed by atoms with E-state index in [-0.39, 0.29) is 12.6 Å². The molecule has 0 radical (unpaired) electrons. The second-order valence-electron chi connectivity index (χ2n) is 5.70. The largest absolute Gasteiger partial charge is 0.463 e. The number of likely N-dealkylation sites (tertiary alicyclic amines) is 1. The Labute approximate surface area is 119 Å². The van der Waals surface area contributed by atoms with Gasteiger partial charge in [0.15, 0.2) is 0 Å². The summed E-state index contributed by atoms with van der Waals surface area (Å²) in [6.07, 6.45) is 2.13. The molecule has 6 nitrogen and oxygen atoms in total. The van der Waals surface area contributed by atoms with Crippen LogP contribution in [0.25, 0.3) is 0 Å². The third-order valence-corrected chi connectivity index (χ3v) is 2.69. The Kier molecular flexibility index (Phi) is 5.56. The number of carbonyl (C=O) groups excluding carboxylic acids is 2. The molecule has 0 aromatic carbocycles. The molecule has 0 unspecified atom stereocenters. The van der Waals surface area contributed by atoms with Gasteiger partial charge in [-0.25, -0.2) is 9.59 Å². The average Bonchev–Trinajstić information content (AvgIpc) is 2.66. The number of hydrogen-bond donors (Lipinski definition) is 1. The van der Waals surface area contributed by atoms with Crippen molar-refractivity contribution in [1.29, 1.82) is 0 Å². The Bertz CT molecular complexity index is 386. The highest BCUT2D eigenvalue weighted by Crippen LogP contribution is 2.22. The molecule has 0 aromatic rings. The number of rotatable bonds is 3. The minimum absolute atomic E-state index is 0.201. The SMILES string of the molecule is CCOC(=O)C=C[C@@H]1C[C@@H](O)CN1C(=O)OC(C)(C)C. The molecule has 1 saturated heterocycles. The van der Waals surface area contributed by atoms with Crippen LogP contribution in [0, 0.1) is 0 Å². The van der Waals surface area contributed by atoms with E-state index in [2.05, 4.69) is 0 Å². The first-order valence-electron chi connectivity index (χ1n) is 6.75. The van der Waals surface area contributed by atoms with E-state index in [1.54, 1.807) is 33.8 Å². The van der Waals surface area contributed by atoms with Gasteiger partial charge in [-0.05, 0) is 34.1 Å². The number of β-amino-alcohol motifs (C(OH)–C–C–N with tert-alkyl or cyclic N) is 1. The van der Waals surface area contributed by atoms with E-state index < -0.39 is 23.8 Å². The Morgan fingerprint density at radius 3 is 2.60 bits per heavy atom. The fraction of sp³-hybridized carbons (Fsp3) is 0.714. The summed E-state index contributed by atoms with van der Waals surface area (Å²) in [6.45, 7) is 7.56. The van der Waals surface area contributed by atoms with E-state index in [1.807, 2.05) is 0 Å². The van der Waals surface area contributed by atoms with Crippen LogP contribution in [0.5, 0.6) is 0 Å². The van der Waals surface area contributed by atoms with Gasteiger partial charge in [-0.3, -0.25) is 4.90 Å². The second kappa shape index (κ2) is 6.74. The molecule has 2 atom stereocenters. The average molecular weight is 285 g/mol. The number of hydrogen-bond acceptors (Lipinski definition) is 5. The Hall–Kier alpha value is -1.56. The third kappa shape index (κ3) is 5.21. The molecule has 1 amide bonds. The zero-order valence-corrected chi connectivity index (χ0v) is 12.5. The van der Waals surface area contributed by atoms with Crippen molar-refractivity contribution in [1.82, 2.24) is 4.90 Å². The summed E-state index contributed by atoms with van der Waals surface area (Å²) in [6, 6.07) is -0.357. The van der Waals surface area contributed by atoms with Crippen molar-refractivity contribution in [3.8, 4) is 0 Å². The molecule has 0 bridgehead atoms. The lowest BCUT2D eigenvalue weighted by Gasteiger charge is -2.27. The summed E-state index contributed by atoms with van der Waals surface area (Å²) in [7, 11) is 0. The first-order valence-corrected chi connectivity index (χ1v) is 6.75. The summed E-state index contributed by atoms with van der Waals surface area (Å²) in [5.41, 5.74) is -0.597. The monoisotopic (exact) mass is 285 g/mol. The van der Waals surface area contributed by atoms with E-state index in [0.717, 1.165) is 0 Å². The highest BCUT2D eigenvalue weighted by Gasteiger charge is 2.35. The van der Waals surface area contributed by atoms with E-state index in [9.17, 15) is 14.7 Å². The van der Waals surface area contributed by atoms with Crippen LogP contribution in [0.4, 0.5) is 4.79 Å². The molecule has 1 N–H and O–H groups in total. The number of carbonyl (C=O) groups is 2. The van der Waals surface area contributed by atoms with Crippen LogP contribution in [0.1, 0.15) is 34.1 Å². The van der Waals surface area contributed by atoms with E-state index >= 15 is 0 Å². The van der Waals surface area contributed by atoms with Crippen molar-refractivity contribution in [2.75, 3.05) is 13.2 Å². The molecule has 6 heteroatoms. The molecular formula is C14H23NO5. The molecule has 0 aliphatic carbocycles. The fourth-order valence-electron chi connectivity index (χ4n) is 1.94. The predicted molar refractivity (Wildman–Crippen MR) is 73.1 cm³/mol. The summed E-state index contributed by atoms with van der Waals surface area (Å²) in [5.74, 6) is -0.460. The molecule has 1 fully saturated rings. The van der Waals surface area contributed by atoms with E-state index in [1.165, 1.54) is 11.0 Å². The first kappa shape index (κ1) is 16.5. The van der Waals surface area contributed by atoms with Crippen molar-refractivity contribution in [2.24, 2.45) is 0 Å². The minimum Gasteiger partial charge on any atom is -0.463 e. The van der Waals surface area contributed by atoms with Crippen molar-refractivity contribution in [3.63, 3.8) is 0 Å². The Morgan fingerprint density at radius 2 is 2.05 bits per heavy atom. The zero-order valence-electron chi connectivity index (χ0n) is 12.5. The van der Waals surface area contributed by atoms with Crippen LogP contribution in [-0.2, 0) is 14.3 Å². The Balaban J connectivity index is 2.69. The van der Waals surface area contributed by atoms with Gasteiger partial charge in [0.25, 0.3) is 0 Å². The highest BCUT2D eigenvalue weighted by atomic mass is 16.6. The van der Waals surface area contributed by atoms with Crippen LogP contribution in [0.15, 0.2) is 12.2 Å². The maximum absolute atomic E-state index is 12.0. The minimum atomic E-state index is -0.612. The highest BCUT2D eigenvalue weighted by molar-refractivity contribution is 5.82. The predicted octanol–water partition coefficient (Wildman–Crippen LogP) is 1.48. The lowest BCUT2D eigenvalue weighted by Crippen LogP contribution is -2.39. The molecule has 114 valence electrons. The van der Waals surface area contributed by atoms with Gasteiger partial charge in [-0.1, -0.05) is 6.08 Å². The molecule has 1 aliphatic heterocycles. The fourth-order valence-corrected chi connectivity index (χ4v) is 1.94. The normalized spacial score (nSPS) is 23.1. The van der Waals surface area contributed by atoms with Gasteiger partial charge in [0.2, 0.25) is 0 Å². The number of esters is 1. The molecular weight excluding hydrogens is 262 g/mol. The number of amides is 1. The molecule has 1 aliphatic rings. The van der Waals surface area contributed by atoms with Gasteiger partial charge in [0.05, 0.1) is 25.3 Å². The molecule has 1 heterocycles. The van der Waals surface area contributed by atoms with Gasteiger partial charge in [0, 0.05) is 6.08 Å². The standard InChI is InChI=1S/C14H23NO5/c1-5-19-12(17)7-6-10-8-11(16)9-15(10)13(18)20-14(2,3)4/h6-7,10-11,16H,5,8-9H2,1-4H3/t10-,11-/m1/s1. The van der Waals surface area contributed by atoms with Crippen LogP contribution in [0.2, 0.25) is 0 Å². The van der Waals surface area contributed by atoms with Crippen molar-refractivity contribution >= 4 is 12.1 Å². The lowest BCUT2D eigenvalue weighted by atomic mass is 10.2. The smallest absolute Gasteiger partial charge is 0.410 e. The molecule has 20 heavy (non-hydrogen) atoms. The van der Waals surface area contributed by atoms with Crippen LogP contribution in [0.3, 0.4) is 0 Å². The van der Waals surface area contributed by atoms with E-state index in [0.29, 0.717) is 13.0 Å². The van der Waals surface area contributed by atoms with E-state index in [4.69, 9.17) is 9.47 Å². The van der Waals surface area contributed by atoms with Gasteiger partial charge in [-0.2, -0.15) is 0 Å². The number of aliphatic hydroxyl groups is 1. The number of ether oxygens (including phenoxy) is 2. The van der Waals surface area contributed by atoms with Crippen molar-refractivity contribution in [3.05, 3.63) is 12.2 Å². The summed E-state index contributed by atoms with van der Waals surface area (Å²) < 4.78 is 10.1. The topological polar surface area (TPSA) is 76.1 Å². The summed E-state index contributed by atoms with van der Waals surface area (Å²) in [4.78, 5) is 24.7. The van der Waals surface area contributed by atoms with Crippen molar-refractivity contribution in [2.45, 2.75) is 51.9 Å². The summed E-state index contributed by atoms with van der Waals surface area (Å²) in [5, 5.41) is 9.69. The molecule has 0 spiro atoms. The first-order chi connectivity index (χ1) is 9.23. The molecule has 1 rings (SSSR count). The zero-order chi connectivity index (χ0) is 15.3. The van der Waals surface area contributed by atoms with Gasteiger partial charge >= 0.3 is 12.1 Å². The number of aliphatic hydroxyl groups excluding tert-OH is 1. The molecule has 0 aromatic heterocycles. The Morgan fingerprint density at radius 1 is 1.40 bits per heavy atom. The van der Waals surface area contributed by atoms with Gasteiger partial charge in [-0.15, -0.1) is 0 Å². The maximum Gasteiger partial charge on any atom is 0.410 e. The maximum atomic E-state index is 12.0. The van der Waals surface area contributed by atoms with Gasteiger partial charge in [0.1, 0.15) is 5.60 Å². The van der Waals surface area contributed by atoms with Crippen LogP contribution < -0.4 is 0 Å². The third-order valence-electron chi connectivity index (χ3n) is 2.69. The van der Waals surface area contributed by atoms with Crippen LogP contribution in [-0.4, -0.2) is 53.0 Å². The number of nitrogens with zero attached hydrogens (tertiary/aromatic N) is 1. The summed E-state index contributed by atoms with van der Waals surface area (Å²) >= 11 is 0. The van der Waals surface area contributed by atoms with Crippen molar-refractivity contribution < 1.29 is 24.2 Å². The van der Waals surface area contributed by atoms with Gasteiger partial charge < -0.3 is 14.6 Å². The lowest BCUT2D eigenvalue weighted by molar-refractivity contribution is -0.137.